The molecule has 2 amide bonds. The first-order valence-electron chi connectivity index (χ1n) is 9.76. The molecule has 2 fully saturated rings. The summed E-state index contributed by atoms with van der Waals surface area (Å²) in [6.45, 7) is 4.01. The van der Waals surface area contributed by atoms with E-state index in [1.807, 2.05) is 28.0 Å². The standard InChI is InChI=1S/C20H28N4O2/c21-20(8-3-4-9-20)19(26)23-13-11-22(12-14-23)15-18(25)24-10-7-16-5-1-2-6-17(16)24/h1-2,5-6H,3-4,7-15,21H2. The van der Waals surface area contributed by atoms with Gasteiger partial charge in [-0.3, -0.25) is 14.5 Å². The zero-order valence-corrected chi connectivity index (χ0v) is 15.3. The number of hydrogen-bond acceptors (Lipinski definition) is 4. The zero-order valence-electron chi connectivity index (χ0n) is 15.3. The molecule has 6 nitrogen and oxygen atoms in total. The highest BCUT2D eigenvalue weighted by Gasteiger charge is 2.40. The van der Waals surface area contributed by atoms with Crippen LogP contribution in [-0.4, -0.2) is 66.4 Å². The van der Waals surface area contributed by atoms with Gasteiger partial charge in [0.15, 0.2) is 0 Å². The van der Waals surface area contributed by atoms with Crippen LogP contribution in [0.1, 0.15) is 31.2 Å². The molecule has 0 radical (unpaired) electrons. The Labute approximate surface area is 154 Å². The number of rotatable bonds is 3. The first-order valence-corrected chi connectivity index (χ1v) is 9.76. The summed E-state index contributed by atoms with van der Waals surface area (Å²) in [6, 6.07) is 8.13. The van der Waals surface area contributed by atoms with E-state index in [-0.39, 0.29) is 11.8 Å². The van der Waals surface area contributed by atoms with Crippen molar-refractivity contribution in [2.45, 2.75) is 37.6 Å². The summed E-state index contributed by atoms with van der Waals surface area (Å²) in [4.78, 5) is 31.4. The van der Waals surface area contributed by atoms with E-state index in [0.29, 0.717) is 19.6 Å². The van der Waals surface area contributed by atoms with E-state index in [2.05, 4.69) is 11.0 Å². The molecule has 0 bridgehead atoms. The molecule has 1 aliphatic carbocycles. The fourth-order valence-corrected chi connectivity index (χ4v) is 4.52. The maximum atomic E-state index is 12.7. The first-order chi connectivity index (χ1) is 12.6. The lowest BCUT2D eigenvalue weighted by atomic mass is 9.97. The highest BCUT2D eigenvalue weighted by atomic mass is 16.2. The van der Waals surface area contributed by atoms with Gasteiger partial charge in [0.1, 0.15) is 0 Å². The van der Waals surface area contributed by atoms with E-state index in [9.17, 15) is 9.59 Å². The molecule has 6 heteroatoms. The van der Waals surface area contributed by atoms with E-state index in [1.165, 1.54) is 5.56 Å². The van der Waals surface area contributed by atoms with Gasteiger partial charge in [-0.25, -0.2) is 0 Å². The van der Waals surface area contributed by atoms with E-state index in [4.69, 9.17) is 5.73 Å². The normalized spacial score (nSPS) is 22.5. The quantitative estimate of drug-likeness (QED) is 0.877. The molecule has 140 valence electrons. The molecule has 1 aromatic carbocycles. The van der Waals surface area contributed by atoms with Gasteiger partial charge in [0.25, 0.3) is 0 Å². The SMILES string of the molecule is NC1(C(=O)N2CCN(CC(=O)N3CCc4ccccc43)CC2)CCCC1. The second kappa shape index (κ2) is 7.00. The summed E-state index contributed by atoms with van der Waals surface area (Å²) >= 11 is 0. The van der Waals surface area contributed by atoms with Gasteiger partial charge in [-0.2, -0.15) is 0 Å². The lowest BCUT2D eigenvalue weighted by molar-refractivity contribution is -0.138. The summed E-state index contributed by atoms with van der Waals surface area (Å²) in [5, 5.41) is 0. The minimum absolute atomic E-state index is 0.106. The first kappa shape index (κ1) is 17.5. The minimum atomic E-state index is -0.642. The lowest BCUT2D eigenvalue weighted by Crippen LogP contribution is -2.59. The predicted octanol–water partition coefficient (Wildman–Crippen LogP) is 0.991. The van der Waals surface area contributed by atoms with Crippen LogP contribution in [0.15, 0.2) is 24.3 Å². The van der Waals surface area contributed by atoms with Crippen LogP contribution in [0, 0.1) is 0 Å². The molecule has 1 saturated carbocycles. The molecule has 1 saturated heterocycles. The number of amides is 2. The second-order valence-corrected chi connectivity index (χ2v) is 7.86. The average Bonchev–Trinajstić information content (AvgIpc) is 3.29. The number of piperazine rings is 1. The third-order valence-corrected chi connectivity index (χ3v) is 6.13. The fraction of sp³-hybridized carbons (Fsp3) is 0.600. The number of benzene rings is 1. The Morgan fingerprint density at radius 2 is 1.69 bits per heavy atom. The van der Waals surface area contributed by atoms with Crippen LogP contribution in [0.25, 0.3) is 0 Å². The van der Waals surface area contributed by atoms with Gasteiger partial charge in [0, 0.05) is 38.4 Å². The number of carbonyl (C=O) groups is 2. The van der Waals surface area contributed by atoms with Crippen molar-refractivity contribution in [3.05, 3.63) is 29.8 Å². The van der Waals surface area contributed by atoms with Gasteiger partial charge in [0.05, 0.1) is 12.1 Å². The molecule has 1 aromatic rings. The highest BCUT2D eigenvalue weighted by molar-refractivity contribution is 5.96. The lowest BCUT2D eigenvalue weighted by Gasteiger charge is -2.38. The molecule has 0 spiro atoms. The van der Waals surface area contributed by atoms with Crippen LogP contribution < -0.4 is 10.6 Å². The Balaban J connectivity index is 1.30. The summed E-state index contributed by atoms with van der Waals surface area (Å²) in [7, 11) is 0. The Kier molecular flexibility index (Phi) is 4.71. The van der Waals surface area contributed by atoms with Gasteiger partial charge >= 0.3 is 0 Å². The smallest absolute Gasteiger partial charge is 0.242 e. The van der Waals surface area contributed by atoms with Gasteiger partial charge in [-0.05, 0) is 30.9 Å². The van der Waals surface area contributed by atoms with E-state index in [1.54, 1.807) is 0 Å². The zero-order chi connectivity index (χ0) is 18.1. The number of nitrogens with two attached hydrogens (primary N) is 1. The fourth-order valence-electron chi connectivity index (χ4n) is 4.52. The second-order valence-electron chi connectivity index (χ2n) is 7.86. The van der Waals surface area contributed by atoms with Crippen LogP contribution in [0.3, 0.4) is 0 Å². The maximum absolute atomic E-state index is 12.7. The summed E-state index contributed by atoms with van der Waals surface area (Å²) in [6.07, 6.45) is 4.64. The Bertz CT molecular complexity index is 691. The van der Waals surface area contributed by atoms with Crippen molar-refractivity contribution >= 4 is 17.5 Å². The van der Waals surface area contributed by atoms with Gasteiger partial charge in [-0.1, -0.05) is 31.0 Å². The van der Waals surface area contributed by atoms with Crippen molar-refractivity contribution in [1.82, 2.24) is 9.80 Å². The van der Waals surface area contributed by atoms with E-state index in [0.717, 1.165) is 57.4 Å². The largest absolute Gasteiger partial charge is 0.339 e. The minimum Gasteiger partial charge on any atom is -0.339 e. The van der Waals surface area contributed by atoms with Crippen molar-refractivity contribution in [2.24, 2.45) is 5.73 Å². The van der Waals surface area contributed by atoms with Crippen LogP contribution in [-0.2, 0) is 16.0 Å². The van der Waals surface area contributed by atoms with Crippen LogP contribution in [0.5, 0.6) is 0 Å². The molecule has 0 atom stereocenters. The molecule has 26 heavy (non-hydrogen) atoms. The molecule has 2 heterocycles. The van der Waals surface area contributed by atoms with Crippen molar-refractivity contribution in [1.29, 1.82) is 0 Å². The van der Waals surface area contributed by atoms with Gasteiger partial charge in [-0.15, -0.1) is 0 Å². The Morgan fingerprint density at radius 1 is 1.00 bits per heavy atom. The Morgan fingerprint density at radius 3 is 2.42 bits per heavy atom. The number of hydrogen-bond donors (Lipinski definition) is 1. The summed E-state index contributed by atoms with van der Waals surface area (Å²) < 4.78 is 0. The van der Waals surface area contributed by atoms with Crippen molar-refractivity contribution in [2.75, 3.05) is 44.2 Å². The van der Waals surface area contributed by atoms with Gasteiger partial charge < -0.3 is 15.5 Å². The van der Waals surface area contributed by atoms with Crippen LogP contribution >= 0.6 is 0 Å². The highest BCUT2D eigenvalue weighted by Crippen LogP contribution is 2.30. The van der Waals surface area contributed by atoms with Crippen LogP contribution in [0.4, 0.5) is 5.69 Å². The summed E-state index contributed by atoms with van der Waals surface area (Å²) in [5.74, 6) is 0.260. The van der Waals surface area contributed by atoms with Crippen molar-refractivity contribution in [3.8, 4) is 0 Å². The third kappa shape index (κ3) is 3.23. The predicted molar refractivity (Wildman–Crippen MR) is 101 cm³/mol. The maximum Gasteiger partial charge on any atom is 0.242 e. The molecule has 3 aliphatic rings. The van der Waals surface area contributed by atoms with Crippen molar-refractivity contribution < 1.29 is 9.59 Å². The summed E-state index contributed by atoms with van der Waals surface area (Å²) in [5.41, 5.74) is 7.97. The topological polar surface area (TPSA) is 69.9 Å². The van der Waals surface area contributed by atoms with Crippen LogP contribution in [0.2, 0.25) is 0 Å². The van der Waals surface area contributed by atoms with E-state index >= 15 is 0 Å². The van der Waals surface area contributed by atoms with Crippen molar-refractivity contribution in [3.63, 3.8) is 0 Å². The molecule has 2 N–H and O–H groups in total. The number of nitrogens with zero attached hydrogens (tertiary/aromatic N) is 3. The number of fused-ring (bicyclic) bond motifs is 1. The molecule has 4 rings (SSSR count). The molecular weight excluding hydrogens is 328 g/mol. The molecular formula is C20H28N4O2. The number of para-hydroxylation sites is 1. The monoisotopic (exact) mass is 356 g/mol. The molecule has 0 aromatic heterocycles. The van der Waals surface area contributed by atoms with Gasteiger partial charge in [0.2, 0.25) is 11.8 Å². The van der Waals surface area contributed by atoms with E-state index < -0.39 is 5.54 Å². The number of carbonyl (C=O) groups excluding carboxylic acids is 2. The third-order valence-electron chi connectivity index (χ3n) is 6.13. The number of anilines is 1. The Hall–Kier alpha value is -1.92. The molecule has 0 unspecified atom stereocenters. The average molecular weight is 356 g/mol. The molecule has 2 aliphatic heterocycles.